The standard InChI is InChI=1S/C16H22N4O2S/c1-3-13(21-9-1)11-19-5-7-20(8-6-19)12-15-17-18-16(22-15)14-4-2-10-23-14/h2,4,10,13H,1,3,5-9,11-12H2/t13-/m1/s1. The zero-order valence-corrected chi connectivity index (χ0v) is 14.0. The lowest BCUT2D eigenvalue weighted by Gasteiger charge is -2.34. The van der Waals surface area contributed by atoms with Crippen LogP contribution in [0.5, 0.6) is 0 Å². The first kappa shape index (κ1) is 15.3. The van der Waals surface area contributed by atoms with E-state index in [2.05, 4.69) is 20.0 Å². The summed E-state index contributed by atoms with van der Waals surface area (Å²) >= 11 is 1.62. The van der Waals surface area contributed by atoms with Gasteiger partial charge in [-0.25, -0.2) is 0 Å². The minimum atomic E-state index is 0.450. The largest absolute Gasteiger partial charge is 0.419 e. The fourth-order valence-corrected chi connectivity index (χ4v) is 3.86. The fourth-order valence-electron chi connectivity index (χ4n) is 3.21. The molecule has 2 aliphatic rings. The minimum Gasteiger partial charge on any atom is -0.419 e. The monoisotopic (exact) mass is 334 g/mol. The van der Waals surface area contributed by atoms with Crippen molar-refractivity contribution in [1.29, 1.82) is 0 Å². The van der Waals surface area contributed by atoms with Gasteiger partial charge in [0, 0.05) is 39.3 Å². The van der Waals surface area contributed by atoms with Crippen molar-refractivity contribution in [3.63, 3.8) is 0 Å². The van der Waals surface area contributed by atoms with E-state index >= 15 is 0 Å². The Morgan fingerprint density at radius 3 is 2.78 bits per heavy atom. The van der Waals surface area contributed by atoms with Gasteiger partial charge >= 0.3 is 0 Å². The second-order valence-corrected chi connectivity index (χ2v) is 7.14. The Kier molecular flexibility index (Phi) is 4.70. The summed E-state index contributed by atoms with van der Waals surface area (Å²) in [6.07, 6.45) is 2.88. The molecule has 0 N–H and O–H groups in total. The SMILES string of the molecule is c1csc(-c2nnc(CN3CCN(C[C@H]4CCCO4)CC3)o2)c1. The van der Waals surface area contributed by atoms with Crippen LogP contribution in [0.2, 0.25) is 0 Å². The van der Waals surface area contributed by atoms with E-state index in [-0.39, 0.29) is 0 Å². The van der Waals surface area contributed by atoms with E-state index in [0.29, 0.717) is 17.9 Å². The van der Waals surface area contributed by atoms with E-state index in [1.54, 1.807) is 11.3 Å². The van der Waals surface area contributed by atoms with Crippen molar-refractivity contribution in [1.82, 2.24) is 20.0 Å². The molecule has 2 saturated heterocycles. The molecular formula is C16H22N4O2S. The first-order chi connectivity index (χ1) is 11.4. The average Bonchev–Trinajstić information content (AvgIpc) is 3.31. The number of hydrogen-bond acceptors (Lipinski definition) is 7. The van der Waals surface area contributed by atoms with Gasteiger partial charge in [0.2, 0.25) is 5.89 Å². The molecule has 0 aromatic carbocycles. The Labute approximate surface area is 140 Å². The average molecular weight is 334 g/mol. The Balaban J connectivity index is 1.26. The molecule has 23 heavy (non-hydrogen) atoms. The molecule has 1 atom stereocenters. The van der Waals surface area contributed by atoms with Crippen LogP contribution in [0.25, 0.3) is 10.8 Å². The summed E-state index contributed by atoms with van der Waals surface area (Å²) in [6.45, 7) is 7.03. The number of piperazine rings is 1. The second-order valence-electron chi connectivity index (χ2n) is 6.19. The molecule has 6 nitrogen and oxygen atoms in total. The van der Waals surface area contributed by atoms with E-state index < -0.39 is 0 Å². The lowest BCUT2D eigenvalue weighted by atomic mass is 10.2. The third kappa shape index (κ3) is 3.80. The molecule has 0 bridgehead atoms. The second kappa shape index (κ2) is 7.09. The molecule has 0 radical (unpaired) electrons. The van der Waals surface area contributed by atoms with Crippen molar-refractivity contribution < 1.29 is 9.15 Å². The van der Waals surface area contributed by atoms with Crippen molar-refractivity contribution in [2.45, 2.75) is 25.5 Å². The van der Waals surface area contributed by atoms with Gasteiger partial charge in [-0.3, -0.25) is 9.80 Å². The Morgan fingerprint density at radius 2 is 2.04 bits per heavy atom. The number of nitrogens with zero attached hydrogens (tertiary/aromatic N) is 4. The Hall–Kier alpha value is -1.28. The van der Waals surface area contributed by atoms with Crippen molar-refractivity contribution in [3.8, 4) is 10.8 Å². The number of ether oxygens (including phenoxy) is 1. The molecule has 0 saturated carbocycles. The molecular weight excluding hydrogens is 312 g/mol. The van der Waals surface area contributed by atoms with Crippen LogP contribution in [0.3, 0.4) is 0 Å². The molecule has 0 spiro atoms. The third-order valence-electron chi connectivity index (χ3n) is 4.51. The maximum absolute atomic E-state index is 5.78. The number of aromatic nitrogens is 2. The van der Waals surface area contributed by atoms with Gasteiger partial charge in [0.05, 0.1) is 17.5 Å². The molecule has 2 aliphatic heterocycles. The number of rotatable bonds is 5. The maximum atomic E-state index is 5.78. The van der Waals surface area contributed by atoms with E-state index in [0.717, 1.165) is 50.8 Å². The lowest BCUT2D eigenvalue weighted by Crippen LogP contribution is -2.48. The van der Waals surface area contributed by atoms with Crippen LogP contribution in [0.15, 0.2) is 21.9 Å². The number of hydrogen-bond donors (Lipinski definition) is 0. The van der Waals surface area contributed by atoms with Crippen LogP contribution in [0, 0.1) is 0 Å². The summed E-state index contributed by atoms with van der Waals surface area (Å²) in [6, 6.07) is 4.00. The minimum absolute atomic E-state index is 0.450. The highest BCUT2D eigenvalue weighted by atomic mass is 32.1. The summed E-state index contributed by atoms with van der Waals surface area (Å²) in [5.74, 6) is 1.34. The molecule has 2 fully saturated rings. The zero-order chi connectivity index (χ0) is 15.5. The predicted molar refractivity (Wildman–Crippen MR) is 88.3 cm³/mol. The summed E-state index contributed by atoms with van der Waals surface area (Å²) in [7, 11) is 0. The predicted octanol–water partition coefficient (Wildman–Crippen LogP) is 2.09. The van der Waals surface area contributed by atoms with E-state index in [1.165, 1.54) is 12.8 Å². The van der Waals surface area contributed by atoms with Gasteiger partial charge in [-0.15, -0.1) is 21.5 Å². The summed E-state index contributed by atoms with van der Waals surface area (Å²) < 4.78 is 11.5. The van der Waals surface area contributed by atoms with Crippen molar-refractivity contribution >= 4 is 11.3 Å². The summed E-state index contributed by atoms with van der Waals surface area (Å²) in [5, 5.41) is 10.4. The Bertz CT molecular complexity index is 601. The van der Waals surface area contributed by atoms with E-state index in [4.69, 9.17) is 9.15 Å². The zero-order valence-electron chi connectivity index (χ0n) is 13.2. The van der Waals surface area contributed by atoms with Gasteiger partial charge in [0.1, 0.15) is 0 Å². The third-order valence-corrected chi connectivity index (χ3v) is 5.37. The smallest absolute Gasteiger partial charge is 0.257 e. The summed E-state index contributed by atoms with van der Waals surface area (Å²) in [5.41, 5.74) is 0. The van der Waals surface area contributed by atoms with Crippen LogP contribution in [-0.2, 0) is 11.3 Å². The van der Waals surface area contributed by atoms with Crippen LogP contribution in [0.1, 0.15) is 18.7 Å². The molecule has 0 unspecified atom stereocenters. The van der Waals surface area contributed by atoms with E-state index in [9.17, 15) is 0 Å². The van der Waals surface area contributed by atoms with Gasteiger partial charge < -0.3 is 9.15 Å². The summed E-state index contributed by atoms with van der Waals surface area (Å²) in [4.78, 5) is 5.93. The first-order valence-electron chi connectivity index (χ1n) is 8.29. The van der Waals surface area contributed by atoms with E-state index in [1.807, 2.05) is 17.5 Å². The molecule has 4 rings (SSSR count). The highest BCUT2D eigenvalue weighted by molar-refractivity contribution is 7.13. The van der Waals surface area contributed by atoms with Crippen molar-refractivity contribution in [2.24, 2.45) is 0 Å². The lowest BCUT2D eigenvalue weighted by molar-refractivity contribution is 0.0472. The molecule has 0 amide bonds. The van der Waals surface area contributed by atoms with Gasteiger partial charge in [0.25, 0.3) is 5.89 Å². The highest BCUT2D eigenvalue weighted by Crippen LogP contribution is 2.23. The maximum Gasteiger partial charge on any atom is 0.257 e. The normalized spacial score (nSPS) is 23.6. The quantitative estimate of drug-likeness (QED) is 0.835. The molecule has 2 aromatic heterocycles. The van der Waals surface area contributed by atoms with Crippen LogP contribution in [0.4, 0.5) is 0 Å². The fraction of sp³-hybridized carbons (Fsp3) is 0.625. The molecule has 2 aromatic rings. The highest BCUT2D eigenvalue weighted by Gasteiger charge is 2.23. The van der Waals surface area contributed by atoms with Crippen LogP contribution >= 0.6 is 11.3 Å². The molecule has 4 heterocycles. The topological polar surface area (TPSA) is 54.6 Å². The van der Waals surface area contributed by atoms with Gasteiger partial charge in [-0.05, 0) is 24.3 Å². The molecule has 7 heteroatoms. The van der Waals surface area contributed by atoms with Crippen molar-refractivity contribution in [2.75, 3.05) is 39.3 Å². The van der Waals surface area contributed by atoms with Crippen LogP contribution < -0.4 is 0 Å². The first-order valence-corrected chi connectivity index (χ1v) is 9.17. The molecule has 124 valence electrons. The van der Waals surface area contributed by atoms with Gasteiger partial charge in [-0.1, -0.05) is 6.07 Å². The van der Waals surface area contributed by atoms with Gasteiger partial charge in [0.15, 0.2) is 0 Å². The van der Waals surface area contributed by atoms with Gasteiger partial charge in [-0.2, -0.15) is 0 Å². The van der Waals surface area contributed by atoms with Crippen LogP contribution in [-0.4, -0.2) is 65.4 Å². The number of thiophene rings is 1. The Morgan fingerprint density at radius 1 is 1.17 bits per heavy atom. The molecule has 0 aliphatic carbocycles. The van der Waals surface area contributed by atoms with Crippen molar-refractivity contribution in [3.05, 3.63) is 23.4 Å².